The molecule has 4 heteroatoms. The van der Waals surface area contributed by atoms with Gasteiger partial charge in [-0.05, 0) is 17.7 Å². The van der Waals surface area contributed by atoms with E-state index in [2.05, 4.69) is 29.2 Å². The molecule has 0 aliphatic carbocycles. The Morgan fingerprint density at radius 2 is 1.58 bits per heavy atom. The van der Waals surface area contributed by atoms with E-state index in [4.69, 9.17) is 4.74 Å². The fourth-order valence-corrected chi connectivity index (χ4v) is 3.01. The van der Waals surface area contributed by atoms with E-state index in [9.17, 15) is 4.79 Å². The molecule has 0 N–H and O–H groups in total. The Morgan fingerprint density at radius 3 is 2.27 bits per heavy atom. The molecule has 4 nitrogen and oxygen atoms in total. The number of para-hydroxylation sites is 1. The number of nitrogens with zero attached hydrogens (tertiary/aromatic N) is 2. The topological polar surface area (TPSA) is 32.8 Å². The smallest absolute Gasteiger partial charge is 0.226 e. The molecule has 0 atom stereocenters. The largest absolute Gasteiger partial charge is 0.493 e. The van der Waals surface area contributed by atoms with Crippen LogP contribution in [0, 0.1) is 0 Å². The Labute approximate surface area is 155 Å². The highest BCUT2D eigenvalue weighted by atomic mass is 16.5. The molecule has 0 spiro atoms. The molecule has 1 aliphatic rings. The third-order valence-electron chi connectivity index (χ3n) is 4.53. The first-order valence-electron chi connectivity index (χ1n) is 9.21. The number of piperazine rings is 1. The van der Waals surface area contributed by atoms with Gasteiger partial charge in [0.1, 0.15) is 5.75 Å². The van der Waals surface area contributed by atoms with E-state index in [1.165, 1.54) is 5.56 Å². The highest BCUT2D eigenvalue weighted by Crippen LogP contribution is 2.10. The molecule has 136 valence electrons. The molecule has 1 fully saturated rings. The fourth-order valence-electron chi connectivity index (χ4n) is 3.01. The molecule has 0 bridgehead atoms. The van der Waals surface area contributed by atoms with E-state index in [1.807, 2.05) is 53.4 Å². The van der Waals surface area contributed by atoms with Gasteiger partial charge in [-0.25, -0.2) is 0 Å². The van der Waals surface area contributed by atoms with Crippen molar-refractivity contribution in [2.75, 3.05) is 39.3 Å². The van der Waals surface area contributed by atoms with Gasteiger partial charge in [0.05, 0.1) is 13.0 Å². The van der Waals surface area contributed by atoms with Crippen molar-refractivity contribution in [3.63, 3.8) is 0 Å². The zero-order chi connectivity index (χ0) is 18.0. The van der Waals surface area contributed by atoms with Crippen LogP contribution < -0.4 is 4.74 Å². The number of ether oxygens (including phenoxy) is 1. The highest BCUT2D eigenvalue weighted by Gasteiger charge is 2.20. The van der Waals surface area contributed by atoms with Crippen LogP contribution in [-0.4, -0.2) is 55.0 Å². The molecule has 1 amide bonds. The first-order valence-corrected chi connectivity index (χ1v) is 9.21. The third kappa shape index (κ3) is 5.74. The van der Waals surface area contributed by atoms with Gasteiger partial charge >= 0.3 is 0 Å². The predicted molar refractivity (Wildman–Crippen MR) is 105 cm³/mol. The van der Waals surface area contributed by atoms with Gasteiger partial charge in [0.15, 0.2) is 0 Å². The average Bonchev–Trinajstić information content (AvgIpc) is 2.70. The van der Waals surface area contributed by atoms with Crippen LogP contribution in [0.3, 0.4) is 0 Å². The lowest BCUT2D eigenvalue weighted by atomic mass is 10.2. The van der Waals surface area contributed by atoms with Crippen molar-refractivity contribution in [3.8, 4) is 5.75 Å². The monoisotopic (exact) mass is 350 g/mol. The Kier molecular flexibility index (Phi) is 6.85. The van der Waals surface area contributed by atoms with Crippen molar-refractivity contribution in [2.45, 2.75) is 6.42 Å². The van der Waals surface area contributed by atoms with Gasteiger partial charge < -0.3 is 9.64 Å². The van der Waals surface area contributed by atoms with Gasteiger partial charge in [0.2, 0.25) is 5.91 Å². The molecule has 1 heterocycles. The number of rotatable bonds is 7. The number of hydrogen-bond donors (Lipinski definition) is 0. The molecule has 1 saturated heterocycles. The van der Waals surface area contributed by atoms with Crippen LogP contribution in [0.4, 0.5) is 0 Å². The number of benzene rings is 2. The van der Waals surface area contributed by atoms with E-state index in [1.54, 1.807) is 0 Å². The molecule has 0 radical (unpaired) electrons. The minimum absolute atomic E-state index is 0.181. The molecule has 26 heavy (non-hydrogen) atoms. The van der Waals surface area contributed by atoms with Gasteiger partial charge in [-0.2, -0.15) is 0 Å². The first kappa shape index (κ1) is 18.2. The summed E-state index contributed by atoms with van der Waals surface area (Å²) in [4.78, 5) is 16.6. The summed E-state index contributed by atoms with van der Waals surface area (Å²) in [7, 11) is 0. The summed E-state index contributed by atoms with van der Waals surface area (Å²) >= 11 is 0. The van der Waals surface area contributed by atoms with Crippen LogP contribution in [0.25, 0.3) is 6.08 Å². The number of carbonyl (C=O) groups excluding carboxylic acids is 1. The molecule has 2 aromatic carbocycles. The summed E-state index contributed by atoms with van der Waals surface area (Å²) in [5, 5.41) is 0. The van der Waals surface area contributed by atoms with Crippen molar-refractivity contribution in [1.82, 2.24) is 9.80 Å². The molecule has 0 aromatic heterocycles. The standard InChI is InChI=1S/C22H26N2O2/c25-22(13-19-26-21-11-5-2-6-12-21)24-17-15-23(16-18-24)14-7-10-20-8-3-1-4-9-20/h1-12H,13-19H2/b10-7+. The van der Waals surface area contributed by atoms with E-state index in [0.29, 0.717) is 13.0 Å². The average molecular weight is 350 g/mol. The third-order valence-corrected chi connectivity index (χ3v) is 4.53. The van der Waals surface area contributed by atoms with Crippen molar-refractivity contribution < 1.29 is 9.53 Å². The van der Waals surface area contributed by atoms with Crippen molar-refractivity contribution >= 4 is 12.0 Å². The number of hydrogen-bond acceptors (Lipinski definition) is 3. The minimum Gasteiger partial charge on any atom is -0.493 e. The van der Waals surface area contributed by atoms with Crippen molar-refractivity contribution in [3.05, 3.63) is 72.3 Å². The maximum atomic E-state index is 12.3. The Balaban J connectivity index is 1.34. The van der Waals surface area contributed by atoms with Crippen LogP contribution >= 0.6 is 0 Å². The lowest BCUT2D eigenvalue weighted by Crippen LogP contribution is -2.48. The fraction of sp³-hybridized carbons (Fsp3) is 0.318. The van der Waals surface area contributed by atoms with Gasteiger partial charge in [-0.15, -0.1) is 0 Å². The summed E-state index contributed by atoms with van der Waals surface area (Å²) < 4.78 is 5.62. The number of carbonyl (C=O) groups is 1. The SMILES string of the molecule is O=C(CCOc1ccccc1)N1CCN(C/C=C/c2ccccc2)CC1. The second kappa shape index (κ2) is 9.78. The predicted octanol–water partition coefficient (Wildman–Crippen LogP) is 3.31. The van der Waals surface area contributed by atoms with Gasteiger partial charge in [-0.3, -0.25) is 9.69 Å². The molecule has 0 unspecified atom stereocenters. The Bertz CT molecular complexity index is 693. The summed E-state index contributed by atoms with van der Waals surface area (Å²) in [6.07, 6.45) is 4.78. The second-order valence-corrected chi connectivity index (χ2v) is 6.41. The summed E-state index contributed by atoms with van der Waals surface area (Å²) in [5.41, 5.74) is 1.22. The highest BCUT2D eigenvalue weighted by molar-refractivity contribution is 5.76. The summed E-state index contributed by atoms with van der Waals surface area (Å²) in [6, 6.07) is 20.0. The van der Waals surface area contributed by atoms with Crippen LogP contribution in [0.2, 0.25) is 0 Å². The maximum Gasteiger partial charge on any atom is 0.226 e. The molecule has 2 aromatic rings. The van der Waals surface area contributed by atoms with E-state index in [-0.39, 0.29) is 5.91 Å². The summed E-state index contributed by atoms with van der Waals surface area (Å²) in [6.45, 7) is 4.79. The zero-order valence-corrected chi connectivity index (χ0v) is 15.1. The van der Waals surface area contributed by atoms with Crippen molar-refractivity contribution in [2.24, 2.45) is 0 Å². The normalized spacial score (nSPS) is 15.3. The number of amides is 1. The van der Waals surface area contributed by atoms with Crippen LogP contribution in [0.1, 0.15) is 12.0 Å². The van der Waals surface area contributed by atoms with Crippen molar-refractivity contribution in [1.29, 1.82) is 0 Å². The maximum absolute atomic E-state index is 12.3. The van der Waals surface area contributed by atoms with E-state index in [0.717, 1.165) is 38.5 Å². The Morgan fingerprint density at radius 1 is 0.923 bits per heavy atom. The molecular formula is C22H26N2O2. The second-order valence-electron chi connectivity index (χ2n) is 6.41. The lowest BCUT2D eigenvalue weighted by Gasteiger charge is -2.34. The van der Waals surface area contributed by atoms with Gasteiger partial charge in [0.25, 0.3) is 0 Å². The van der Waals surface area contributed by atoms with Gasteiger partial charge in [0, 0.05) is 32.7 Å². The lowest BCUT2D eigenvalue weighted by molar-refractivity contribution is -0.133. The molecule has 0 saturated carbocycles. The minimum atomic E-state index is 0.181. The summed E-state index contributed by atoms with van der Waals surface area (Å²) in [5.74, 6) is 0.996. The van der Waals surface area contributed by atoms with E-state index < -0.39 is 0 Å². The molecular weight excluding hydrogens is 324 g/mol. The van der Waals surface area contributed by atoms with Gasteiger partial charge in [-0.1, -0.05) is 60.7 Å². The van der Waals surface area contributed by atoms with Crippen LogP contribution in [0.5, 0.6) is 5.75 Å². The Hall–Kier alpha value is -2.59. The molecule has 1 aliphatic heterocycles. The van der Waals surface area contributed by atoms with Crippen LogP contribution in [-0.2, 0) is 4.79 Å². The first-order chi connectivity index (χ1) is 12.8. The zero-order valence-electron chi connectivity index (χ0n) is 15.1. The van der Waals surface area contributed by atoms with Crippen LogP contribution in [0.15, 0.2) is 66.7 Å². The molecule has 3 rings (SSSR count). The quantitative estimate of drug-likeness (QED) is 0.768. The van der Waals surface area contributed by atoms with E-state index >= 15 is 0 Å².